The number of hydrogen-bond donors (Lipinski definition) is 1. The van der Waals surface area contributed by atoms with Gasteiger partial charge in [-0.2, -0.15) is 0 Å². The van der Waals surface area contributed by atoms with Crippen LogP contribution < -0.4 is 0 Å². The number of hydrogen-bond acceptors (Lipinski definition) is 3. The third kappa shape index (κ3) is 2.61. The maximum absolute atomic E-state index is 12.2. The molecule has 0 saturated carbocycles. The van der Waals surface area contributed by atoms with Crippen LogP contribution in [0.25, 0.3) is 0 Å². The number of carboxylic acids is 1. The van der Waals surface area contributed by atoms with Gasteiger partial charge in [-0.05, 0) is 18.1 Å². The zero-order valence-electron chi connectivity index (χ0n) is 11.1. The first kappa shape index (κ1) is 14.0. The first-order valence-corrected chi connectivity index (χ1v) is 6.39. The highest BCUT2D eigenvalue weighted by atomic mass is 16.4. The Morgan fingerprint density at radius 2 is 2.05 bits per heavy atom. The predicted octanol–water partition coefficient (Wildman–Crippen LogP) is 1.63. The van der Waals surface area contributed by atoms with Crippen molar-refractivity contribution in [1.29, 1.82) is 0 Å². The highest BCUT2D eigenvalue weighted by Gasteiger charge is 2.29. The van der Waals surface area contributed by atoms with Crippen molar-refractivity contribution in [2.45, 2.75) is 19.8 Å². The summed E-state index contributed by atoms with van der Waals surface area (Å²) in [5.74, 6) is -1.69. The number of carbonyl (C=O) groups excluding carboxylic acids is 2. The van der Waals surface area contributed by atoms with Crippen molar-refractivity contribution in [1.82, 2.24) is 4.90 Å². The van der Waals surface area contributed by atoms with Gasteiger partial charge in [0, 0.05) is 17.7 Å². The fourth-order valence-electron chi connectivity index (χ4n) is 2.17. The highest BCUT2D eigenvalue weighted by Crippen LogP contribution is 2.19. The molecule has 5 nitrogen and oxygen atoms in total. The highest BCUT2D eigenvalue weighted by molar-refractivity contribution is 6.09. The molecular weight excluding hydrogens is 258 g/mol. The molecule has 1 aliphatic heterocycles. The van der Waals surface area contributed by atoms with Crippen molar-refractivity contribution in [2.24, 2.45) is 0 Å². The molecule has 2 rings (SSSR count). The molecule has 0 atom stereocenters. The lowest BCUT2D eigenvalue weighted by molar-refractivity contribution is -0.133. The number of benzene rings is 1. The second kappa shape index (κ2) is 5.69. The fourth-order valence-corrected chi connectivity index (χ4v) is 2.17. The molecule has 1 aliphatic rings. The number of carboxylic acid groups (broad SMARTS) is 1. The molecule has 1 aromatic rings. The average Bonchev–Trinajstić information content (AvgIpc) is 2.42. The van der Waals surface area contributed by atoms with Gasteiger partial charge in [0.15, 0.2) is 0 Å². The number of imide groups is 1. The average molecular weight is 273 g/mol. The molecule has 1 aromatic carbocycles. The Balaban J connectivity index is 2.24. The van der Waals surface area contributed by atoms with Crippen molar-refractivity contribution in [3.05, 3.63) is 47.0 Å². The van der Waals surface area contributed by atoms with E-state index in [2.05, 4.69) is 0 Å². The Labute approximate surface area is 116 Å². The number of amides is 2. The van der Waals surface area contributed by atoms with Gasteiger partial charge in [0.1, 0.15) is 0 Å². The molecule has 1 heterocycles. The molecule has 0 bridgehead atoms. The molecule has 0 aliphatic carbocycles. The second-order valence-electron chi connectivity index (χ2n) is 4.53. The fraction of sp³-hybridized carbons (Fsp3) is 0.267. The van der Waals surface area contributed by atoms with Gasteiger partial charge < -0.3 is 5.11 Å². The van der Waals surface area contributed by atoms with E-state index in [0.29, 0.717) is 12.0 Å². The van der Waals surface area contributed by atoms with E-state index in [1.807, 2.05) is 0 Å². The van der Waals surface area contributed by atoms with E-state index >= 15 is 0 Å². The van der Waals surface area contributed by atoms with Gasteiger partial charge in [0.25, 0.3) is 5.91 Å². The molecule has 0 fully saturated rings. The molecule has 0 saturated heterocycles. The van der Waals surface area contributed by atoms with E-state index in [9.17, 15) is 14.4 Å². The topological polar surface area (TPSA) is 74.7 Å². The zero-order chi connectivity index (χ0) is 14.7. The van der Waals surface area contributed by atoms with Crippen LogP contribution in [0.2, 0.25) is 0 Å². The quantitative estimate of drug-likeness (QED) is 0.668. The summed E-state index contributed by atoms with van der Waals surface area (Å²) < 4.78 is 0. The minimum atomic E-state index is -1.02. The smallest absolute Gasteiger partial charge is 0.331 e. The summed E-state index contributed by atoms with van der Waals surface area (Å²) in [5, 5.41) is 8.94. The van der Waals surface area contributed by atoms with Gasteiger partial charge in [-0.25, -0.2) is 4.79 Å². The van der Waals surface area contributed by atoms with Crippen LogP contribution in [0.1, 0.15) is 29.3 Å². The zero-order valence-corrected chi connectivity index (χ0v) is 11.1. The lowest BCUT2D eigenvalue weighted by Gasteiger charge is -2.25. The summed E-state index contributed by atoms with van der Waals surface area (Å²) in [6, 6.07) is 6.97. The van der Waals surface area contributed by atoms with E-state index < -0.39 is 5.97 Å². The molecule has 5 heteroatoms. The van der Waals surface area contributed by atoms with E-state index in [1.165, 1.54) is 6.08 Å². The predicted molar refractivity (Wildman–Crippen MR) is 72.2 cm³/mol. The summed E-state index contributed by atoms with van der Waals surface area (Å²) in [5.41, 5.74) is 1.43. The first-order chi connectivity index (χ1) is 9.54. The van der Waals surface area contributed by atoms with E-state index in [0.717, 1.165) is 10.5 Å². The molecule has 0 spiro atoms. The largest absolute Gasteiger partial charge is 0.478 e. The third-order valence-electron chi connectivity index (χ3n) is 3.31. The Hall–Kier alpha value is -2.43. The van der Waals surface area contributed by atoms with Crippen LogP contribution in [0.3, 0.4) is 0 Å². The van der Waals surface area contributed by atoms with Crippen LogP contribution in [0.15, 0.2) is 35.9 Å². The van der Waals surface area contributed by atoms with Gasteiger partial charge in [-0.1, -0.05) is 31.2 Å². The van der Waals surface area contributed by atoms with E-state index in [1.54, 1.807) is 31.2 Å². The third-order valence-corrected chi connectivity index (χ3v) is 3.31. The molecule has 2 amide bonds. The first-order valence-electron chi connectivity index (χ1n) is 6.39. The Kier molecular flexibility index (Phi) is 3.98. The van der Waals surface area contributed by atoms with Crippen LogP contribution in [0, 0.1) is 0 Å². The molecule has 0 radical (unpaired) electrons. The van der Waals surface area contributed by atoms with Crippen LogP contribution in [-0.2, 0) is 16.0 Å². The summed E-state index contributed by atoms with van der Waals surface area (Å²) in [6.07, 6.45) is 1.94. The van der Waals surface area contributed by atoms with Crippen molar-refractivity contribution < 1.29 is 19.5 Å². The summed E-state index contributed by atoms with van der Waals surface area (Å²) >= 11 is 0. The SMILES string of the molecule is CCC(=CCN1C(=O)Cc2ccccc2C1=O)C(=O)O. The number of carbonyl (C=O) groups is 3. The van der Waals surface area contributed by atoms with Crippen molar-refractivity contribution in [3.8, 4) is 0 Å². The Morgan fingerprint density at radius 3 is 2.70 bits per heavy atom. The maximum atomic E-state index is 12.2. The van der Waals surface area contributed by atoms with Crippen molar-refractivity contribution >= 4 is 17.8 Å². The van der Waals surface area contributed by atoms with Crippen LogP contribution in [-0.4, -0.2) is 34.3 Å². The number of nitrogens with zero attached hydrogens (tertiary/aromatic N) is 1. The van der Waals surface area contributed by atoms with Gasteiger partial charge in [0.05, 0.1) is 6.42 Å². The molecular formula is C15H15NO4. The van der Waals surface area contributed by atoms with E-state index in [-0.39, 0.29) is 30.4 Å². The normalized spacial score (nSPS) is 15.2. The van der Waals surface area contributed by atoms with Crippen molar-refractivity contribution in [3.63, 3.8) is 0 Å². The summed E-state index contributed by atoms with van der Waals surface area (Å²) in [6.45, 7) is 1.72. The monoisotopic (exact) mass is 273 g/mol. The molecule has 0 aromatic heterocycles. The lowest BCUT2D eigenvalue weighted by atomic mass is 9.98. The molecule has 0 unspecified atom stereocenters. The molecule has 104 valence electrons. The second-order valence-corrected chi connectivity index (χ2v) is 4.53. The van der Waals surface area contributed by atoms with E-state index in [4.69, 9.17) is 5.11 Å². The lowest BCUT2D eigenvalue weighted by Crippen LogP contribution is -2.42. The Morgan fingerprint density at radius 1 is 1.35 bits per heavy atom. The minimum absolute atomic E-state index is 0.00146. The van der Waals surface area contributed by atoms with Gasteiger partial charge in [-0.15, -0.1) is 0 Å². The van der Waals surface area contributed by atoms with Crippen LogP contribution in [0.4, 0.5) is 0 Å². The number of rotatable bonds is 4. The standard InChI is InChI=1S/C15H15NO4/c1-2-10(15(19)20)7-8-16-13(17)9-11-5-3-4-6-12(11)14(16)18/h3-7H,2,8-9H2,1H3,(H,19,20). The Bertz CT molecular complexity index is 604. The van der Waals surface area contributed by atoms with Crippen LogP contribution in [0.5, 0.6) is 0 Å². The van der Waals surface area contributed by atoms with Crippen LogP contribution >= 0.6 is 0 Å². The van der Waals surface area contributed by atoms with Gasteiger partial charge >= 0.3 is 5.97 Å². The maximum Gasteiger partial charge on any atom is 0.331 e. The summed E-state index contributed by atoms with van der Waals surface area (Å²) in [7, 11) is 0. The van der Waals surface area contributed by atoms with Gasteiger partial charge in [-0.3, -0.25) is 14.5 Å². The number of fused-ring (bicyclic) bond motifs is 1. The molecule has 20 heavy (non-hydrogen) atoms. The summed E-state index contributed by atoms with van der Waals surface area (Å²) in [4.78, 5) is 36.2. The number of aliphatic carboxylic acids is 1. The van der Waals surface area contributed by atoms with Crippen molar-refractivity contribution in [2.75, 3.05) is 6.54 Å². The van der Waals surface area contributed by atoms with Gasteiger partial charge in [0.2, 0.25) is 5.91 Å². The minimum Gasteiger partial charge on any atom is -0.478 e. The molecule has 1 N–H and O–H groups in total.